The smallest absolute Gasteiger partial charge is 0.426 e. The van der Waals surface area contributed by atoms with Gasteiger partial charge < -0.3 is 9.47 Å². The van der Waals surface area contributed by atoms with E-state index in [1.807, 2.05) is 0 Å². The molecule has 0 N–H and O–H groups in total. The van der Waals surface area contributed by atoms with Gasteiger partial charge in [0.25, 0.3) is 0 Å². The number of hydrogen-bond acceptors (Lipinski definition) is 4. The van der Waals surface area contributed by atoms with Crippen molar-refractivity contribution in [3.8, 4) is 0 Å². The highest BCUT2D eigenvalue weighted by Gasteiger charge is 2.42. The van der Waals surface area contributed by atoms with E-state index < -0.39 is 29.5 Å². The molecule has 1 atom stereocenters. The van der Waals surface area contributed by atoms with Crippen molar-refractivity contribution in [1.82, 2.24) is 0 Å². The van der Waals surface area contributed by atoms with E-state index in [4.69, 9.17) is 4.74 Å². The maximum absolute atomic E-state index is 12.6. The first-order chi connectivity index (χ1) is 12.8. The van der Waals surface area contributed by atoms with Crippen molar-refractivity contribution >= 4 is 27.9 Å². The molecule has 0 aliphatic carbocycles. The van der Waals surface area contributed by atoms with Crippen molar-refractivity contribution in [1.29, 1.82) is 0 Å². The third-order valence-electron chi connectivity index (χ3n) is 3.84. The van der Waals surface area contributed by atoms with Crippen LogP contribution in [0.15, 0.2) is 24.3 Å². The summed E-state index contributed by atoms with van der Waals surface area (Å²) < 4.78 is 47.5. The Hall–Kier alpha value is -1.57. The number of esters is 2. The highest BCUT2D eigenvalue weighted by Crippen LogP contribution is 2.25. The molecule has 0 saturated heterocycles. The van der Waals surface area contributed by atoms with Crippen molar-refractivity contribution in [2.24, 2.45) is 0 Å². The van der Waals surface area contributed by atoms with Crippen LogP contribution in [0.2, 0.25) is 0 Å². The lowest BCUT2D eigenvalue weighted by Crippen LogP contribution is -2.35. The van der Waals surface area contributed by atoms with E-state index in [2.05, 4.69) is 27.6 Å². The van der Waals surface area contributed by atoms with E-state index in [0.29, 0.717) is 6.61 Å². The lowest BCUT2D eigenvalue weighted by molar-refractivity contribution is -0.196. The molecule has 0 aromatic heterocycles. The fourth-order valence-electron chi connectivity index (χ4n) is 2.26. The first kappa shape index (κ1) is 23.5. The van der Waals surface area contributed by atoms with Crippen LogP contribution in [-0.2, 0) is 9.47 Å². The van der Waals surface area contributed by atoms with Gasteiger partial charge in [-0.3, -0.25) is 0 Å². The second-order valence-electron chi connectivity index (χ2n) is 6.07. The normalized spacial score (nSPS) is 12.5. The Kier molecular flexibility index (Phi) is 10.4. The fraction of sp³-hybridized carbons (Fsp3) is 0.579. The van der Waals surface area contributed by atoms with Gasteiger partial charge in [-0.15, -0.1) is 0 Å². The summed E-state index contributed by atoms with van der Waals surface area (Å²) in [5, 5.41) is -0.551. The van der Waals surface area contributed by atoms with E-state index in [1.165, 1.54) is 43.5 Å². The summed E-state index contributed by atoms with van der Waals surface area (Å²) in [7, 11) is 0. The van der Waals surface area contributed by atoms with Crippen LogP contribution in [0.25, 0.3) is 0 Å². The first-order valence-electron chi connectivity index (χ1n) is 8.90. The zero-order valence-electron chi connectivity index (χ0n) is 15.2. The summed E-state index contributed by atoms with van der Waals surface area (Å²) in [6.07, 6.45) is -0.454. The van der Waals surface area contributed by atoms with Crippen LogP contribution in [0.5, 0.6) is 0 Å². The Morgan fingerprint density at radius 1 is 0.963 bits per heavy atom. The van der Waals surface area contributed by atoms with Gasteiger partial charge in [0.2, 0.25) is 6.10 Å². The molecule has 0 amide bonds. The number of unbranched alkanes of at least 4 members (excludes halogenated alkanes) is 5. The molecular formula is C19H24BrF3O4. The first-order valence-corrected chi connectivity index (χ1v) is 10.0. The Bertz CT molecular complexity index is 588. The van der Waals surface area contributed by atoms with Crippen LogP contribution in [-0.4, -0.2) is 36.2 Å². The molecule has 0 saturated carbocycles. The van der Waals surface area contributed by atoms with Crippen LogP contribution < -0.4 is 0 Å². The van der Waals surface area contributed by atoms with Crippen LogP contribution in [0.3, 0.4) is 0 Å². The zero-order valence-corrected chi connectivity index (χ0v) is 16.8. The van der Waals surface area contributed by atoms with Gasteiger partial charge in [0.1, 0.15) is 0 Å². The Labute approximate surface area is 165 Å². The van der Waals surface area contributed by atoms with Crippen LogP contribution >= 0.6 is 15.9 Å². The molecule has 4 nitrogen and oxygen atoms in total. The molecular weight excluding hydrogens is 429 g/mol. The van der Waals surface area contributed by atoms with E-state index in [9.17, 15) is 22.8 Å². The standard InChI is InChI=1S/C19H24BrF3O4/c1-2-3-4-5-6-7-12-26-17(24)14-8-10-15(11-9-14)18(25)27-16(13-20)19(21,22)23/h8-11,16H,2-7,12-13H2,1H3. The van der Waals surface area contributed by atoms with Crippen molar-refractivity contribution in [2.45, 2.75) is 57.7 Å². The third-order valence-corrected chi connectivity index (χ3v) is 4.43. The van der Waals surface area contributed by atoms with Crippen LogP contribution in [0.1, 0.15) is 66.2 Å². The predicted molar refractivity (Wildman–Crippen MR) is 99.2 cm³/mol. The third kappa shape index (κ3) is 8.77. The molecule has 27 heavy (non-hydrogen) atoms. The minimum absolute atomic E-state index is 0.0716. The number of alkyl halides is 4. The minimum Gasteiger partial charge on any atom is -0.462 e. The highest BCUT2D eigenvalue weighted by molar-refractivity contribution is 9.09. The van der Waals surface area contributed by atoms with E-state index in [0.717, 1.165) is 19.3 Å². The van der Waals surface area contributed by atoms with Gasteiger partial charge in [-0.05, 0) is 30.7 Å². The topological polar surface area (TPSA) is 52.6 Å². The van der Waals surface area contributed by atoms with Crippen molar-refractivity contribution in [3.05, 3.63) is 35.4 Å². The van der Waals surface area contributed by atoms with Crippen molar-refractivity contribution < 1.29 is 32.2 Å². The molecule has 1 aromatic carbocycles. The molecule has 0 aliphatic rings. The van der Waals surface area contributed by atoms with Gasteiger partial charge in [0, 0.05) is 5.33 Å². The molecule has 0 fully saturated rings. The second-order valence-corrected chi connectivity index (χ2v) is 6.72. The van der Waals surface area contributed by atoms with Crippen LogP contribution in [0.4, 0.5) is 13.2 Å². The fourth-order valence-corrected chi connectivity index (χ4v) is 2.76. The summed E-state index contributed by atoms with van der Waals surface area (Å²) in [5.41, 5.74) is 0.156. The van der Waals surface area contributed by atoms with E-state index in [1.54, 1.807) is 0 Å². The van der Waals surface area contributed by atoms with E-state index >= 15 is 0 Å². The molecule has 0 heterocycles. The minimum atomic E-state index is -4.65. The number of carbonyl (C=O) groups excluding carboxylic acids is 2. The summed E-state index contributed by atoms with van der Waals surface area (Å²) in [4.78, 5) is 23.7. The number of rotatable bonds is 11. The average Bonchev–Trinajstić information content (AvgIpc) is 2.64. The van der Waals surface area contributed by atoms with Crippen molar-refractivity contribution in [2.75, 3.05) is 11.9 Å². The lowest BCUT2D eigenvalue weighted by Gasteiger charge is -2.18. The highest BCUT2D eigenvalue weighted by atomic mass is 79.9. The van der Waals surface area contributed by atoms with Gasteiger partial charge in [-0.25, -0.2) is 9.59 Å². The molecule has 0 radical (unpaired) electrons. The zero-order chi connectivity index (χ0) is 20.3. The molecule has 1 aromatic rings. The molecule has 0 aliphatic heterocycles. The van der Waals surface area contributed by atoms with Gasteiger partial charge in [-0.2, -0.15) is 13.2 Å². The Morgan fingerprint density at radius 3 is 2.00 bits per heavy atom. The number of hydrogen-bond donors (Lipinski definition) is 0. The number of ether oxygens (including phenoxy) is 2. The lowest BCUT2D eigenvalue weighted by atomic mass is 10.1. The maximum Gasteiger partial charge on any atom is 0.426 e. The molecule has 1 unspecified atom stereocenters. The maximum atomic E-state index is 12.6. The molecule has 1 rings (SSSR count). The average molecular weight is 453 g/mol. The van der Waals surface area contributed by atoms with Gasteiger partial charge in [-0.1, -0.05) is 55.0 Å². The predicted octanol–water partition coefficient (Wildman–Crippen LogP) is 5.69. The summed E-state index contributed by atoms with van der Waals surface area (Å²) in [6.45, 7) is 2.45. The largest absolute Gasteiger partial charge is 0.462 e. The number of halogens is 4. The molecule has 0 bridgehead atoms. The molecule has 152 valence electrons. The second kappa shape index (κ2) is 12.0. The van der Waals surface area contributed by atoms with E-state index in [-0.39, 0.29) is 11.1 Å². The van der Waals surface area contributed by atoms with Gasteiger partial charge in [0.15, 0.2) is 0 Å². The van der Waals surface area contributed by atoms with Crippen LogP contribution in [0, 0.1) is 0 Å². The van der Waals surface area contributed by atoms with Gasteiger partial charge in [0.05, 0.1) is 17.7 Å². The monoisotopic (exact) mass is 452 g/mol. The molecule has 8 heteroatoms. The summed E-state index contributed by atoms with van der Waals surface area (Å²) in [5.74, 6) is -1.64. The van der Waals surface area contributed by atoms with Crippen molar-refractivity contribution in [3.63, 3.8) is 0 Å². The SMILES string of the molecule is CCCCCCCCOC(=O)c1ccc(C(=O)OC(CBr)C(F)(F)F)cc1. The summed E-state index contributed by atoms with van der Waals surface area (Å²) >= 11 is 2.67. The Morgan fingerprint density at radius 2 is 1.48 bits per heavy atom. The number of carbonyl (C=O) groups is 2. The Balaban J connectivity index is 2.46. The molecule has 0 spiro atoms. The van der Waals surface area contributed by atoms with Gasteiger partial charge >= 0.3 is 18.1 Å². The summed E-state index contributed by atoms with van der Waals surface area (Å²) in [6, 6.07) is 5.14. The number of benzene rings is 1. The quantitative estimate of drug-likeness (QED) is 0.246.